The molecule has 26 heavy (non-hydrogen) atoms. The molecule has 0 unspecified atom stereocenters. The van der Waals surface area contributed by atoms with Crippen molar-refractivity contribution in [3.8, 4) is 5.75 Å². The lowest BCUT2D eigenvalue weighted by Gasteiger charge is -2.11. The molecule has 0 atom stereocenters. The number of aliphatic imine (C=N–C) groups is 1. The number of likely N-dealkylation sites (N-methyl/N-ethyl adjacent to an activating group) is 1. The number of benzene rings is 2. The monoisotopic (exact) mass is 347 g/mol. The topological polar surface area (TPSA) is 65.0 Å². The van der Waals surface area contributed by atoms with E-state index in [1.165, 1.54) is 0 Å². The van der Waals surface area contributed by atoms with Crippen molar-refractivity contribution in [2.45, 2.75) is 6.61 Å². The van der Waals surface area contributed by atoms with Crippen LogP contribution in [0.1, 0.15) is 11.1 Å². The Balaban J connectivity index is 1.47. The first-order valence-electron chi connectivity index (χ1n) is 8.62. The highest BCUT2D eigenvalue weighted by Crippen LogP contribution is 2.23. The molecule has 3 aromatic rings. The van der Waals surface area contributed by atoms with Crippen molar-refractivity contribution in [2.75, 3.05) is 20.1 Å². The molecule has 0 fully saturated rings. The van der Waals surface area contributed by atoms with Gasteiger partial charge in [0, 0.05) is 36.3 Å². The predicted octanol–water partition coefficient (Wildman–Crippen LogP) is 2.97. The van der Waals surface area contributed by atoms with Crippen molar-refractivity contribution in [2.24, 2.45) is 10.1 Å². The highest BCUT2D eigenvalue weighted by Gasteiger charge is 2.10. The lowest BCUT2D eigenvalue weighted by Crippen LogP contribution is -2.32. The lowest BCUT2D eigenvalue weighted by molar-refractivity contribution is 0.306. The molecule has 0 saturated carbocycles. The van der Waals surface area contributed by atoms with Crippen LogP contribution in [0.2, 0.25) is 0 Å². The summed E-state index contributed by atoms with van der Waals surface area (Å²) in [4.78, 5) is 9.66. The highest BCUT2D eigenvalue weighted by atomic mass is 16.5. The standard InChI is InChI=1S/C20H21N5O/c1-25-10-9-21-20(25)24-23-13-16-12-22-19-8-7-17(11-18(16)19)26-14-15-5-3-2-4-6-15/h2-8,11-13,22H,9-10,14H2,1H3,(H,21,24)/b23-13+. The Bertz CT molecular complexity index is 945. The van der Waals surface area contributed by atoms with Crippen LogP contribution in [0.4, 0.5) is 0 Å². The SMILES string of the molecule is CN1CCN=C1N/N=C/c1c[nH]c2ccc(OCc3ccccc3)cc12. The minimum Gasteiger partial charge on any atom is -0.489 e. The summed E-state index contributed by atoms with van der Waals surface area (Å²) in [5.74, 6) is 1.64. The molecule has 0 amide bonds. The number of rotatable bonds is 5. The summed E-state index contributed by atoms with van der Waals surface area (Å²) in [7, 11) is 2.00. The molecule has 4 rings (SSSR count). The molecule has 0 saturated heterocycles. The molecule has 0 bridgehead atoms. The van der Waals surface area contributed by atoms with Crippen molar-refractivity contribution >= 4 is 23.1 Å². The zero-order chi connectivity index (χ0) is 17.8. The molecule has 0 spiro atoms. The van der Waals surface area contributed by atoms with Gasteiger partial charge in [-0.05, 0) is 23.8 Å². The van der Waals surface area contributed by atoms with E-state index in [4.69, 9.17) is 4.74 Å². The zero-order valence-corrected chi connectivity index (χ0v) is 14.6. The van der Waals surface area contributed by atoms with Gasteiger partial charge in [-0.3, -0.25) is 0 Å². The summed E-state index contributed by atoms with van der Waals surface area (Å²) < 4.78 is 5.92. The first kappa shape index (κ1) is 16.2. The minimum absolute atomic E-state index is 0.550. The molecule has 132 valence electrons. The van der Waals surface area contributed by atoms with Crippen molar-refractivity contribution in [3.63, 3.8) is 0 Å². The Morgan fingerprint density at radius 2 is 2.15 bits per heavy atom. The van der Waals surface area contributed by atoms with Gasteiger partial charge in [0.05, 0.1) is 12.8 Å². The second kappa shape index (κ2) is 7.31. The molecular weight excluding hydrogens is 326 g/mol. The molecule has 1 aliphatic heterocycles. The average molecular weight is 347 g/mol. The van der Waals surface area contributed by atoms with Gasteiger partial charge in [0.25, 0.3) is 0 Å². The summed E-state index contributed by atoms with van der Waals surface area (Å²) in [5.41, 5.74) is 6.19. The fourth-order valence-electron chi connectivity index (χ4n) is 2.87. The Kier molecular flexibility index (Phi) is 4.55. The number of aromatic nitrogens is 1. The van der Waals surface area contributed by atoms with Crippen LogP contribution in [0, 0.1) is 0 Å². The third-order valence-electron chi connectivity index (χ3n) is 4.36. The molecule has 1 aliphatic rings. The van der Waals surface area contributed by atoms with Gasteiger partial charge < -0.3 is 14.6 Å². The van der Waals surface area contributed by atoms with E-state index in [0.29, 0.717) is 6.61 Å². The van der Waals surface area contributed by atoms with Crippen LogP contribution in [-0.2, 0) is 6.61 Å². The van der Waals surface area contributed by atoms with E-state index in [0.717, 1.165) is 46.8 Å². The minimum atomic E-state index is 0.550. The Morgan fingerprint density at radius 3 is 2.96 bits per heavy atom. The van der Waals surface area contributed by atoms with Gasteiger partial charge in [0.1, 0.15) is 12.4 Å². The van der Waals surface area contributed by atoms with Crippen LogP contribution in [-0.4, -0.2) is 42.2 Å². The third-order valence-corrected chi connectivity index (χ3v) is 4.36. The van der Waals surface area contributed by atoms with Gasteiger partial charge in [0.15, 0.2) is 0 Å². The summed E-state index contributed by atoms with van der Waals surface area (Å²) in [6, 6.07) is 16.2. The number of ether oxygens (including phenoxy) is 1. The fraction of sp³-hybridized carbons (Fsp3) is 0.200. The number of hydrazone groups is 1. The van der Waals surface area contributed by atoms with Crippen LogP contribution in [0.3, 0.4) is 0 Å². The summed E-state index contributed by atoms with van der Waals surface area (Å²) >= 11 is 0. The fourth-order valence-corrected chi connectivity index (χ4v) is 2.87. The van der Waals surface area contributed by atoms with Gasteiger partial charge in [0.2, 0.25) is 5.96 Å². The third kappa shape index (κ3) is 3.54. The smallest absolute Gasteiger partial charge is 0.214 e. The predicted molar refractivity (Wildman–Crippen MR) is 105 cm³/mol. The number of hydrogen-bond acceptors (Lipinski definition) is 5. The van der Waals surface area contributed by atoms with E-state index in [-0.39, 0.29) is 0 Å². The van der Waals surface area contributed by atoms with Crippen LogP contribution < -0.4 is 10.2 Å². The van der Waals surface area contributed by atoms with Crippen molar-refractivity contribution in [3.05, 3.63) is 65.9 Å². The number of guanidine groups is 1. The van der Waals surface area contributed by atoms with Gasteiger partial charge in [-0.1, -0.05) is 30.3 Å². The molecular formula is C20H21N5O. The highest BCUT2D eigenvalue weighted by molar-refractivity contribution is 5.99. The molecule has 6 nitrogen and oxygen atoms in total. The van der Waals surface area contributed by atoms with Gasteiger partial charge in [-0.25, -0.2) is 10.4 Å². The average Bonchev–Trinajstić information content (AvgIpc) is 3.27. The van der Waals surface area contributed by atoms with Crippen LogP contribution >= 0.6 is 0 Å². The Hall–Kier alpha value is -3.28. The second-order valence-electron chi connectivity index (χ2n) is 6.22. The van der Waals surface area contributed by atoms with Crippen LogP contribution in [0.25, 0.3) is 10.9 Å². The maximum atomic E-state index is 5.92. The molecule has 6 heteroatoms. The van der Waals surface area contributed by atoms with E-state index >= 15 is 0 Å². The lowest BCUT2D eigenvalue weighted by atomic mass is 10.2. The van der Waals surface area contributed by atoms with Gasteiger partial charge in [-0.15, -0.1) is 0 Å². The first-order chi connectivity index (χ1) is 12.8. The van der Waals surface area contributed by atoms with E-state index in [1.54, 1.807) is 6.21 Å². The first-order valence-corrected chi connectivity index (χ1v) is 8.62. The number of nitrogens with one attached hydrogen (secondary N) is 2. The summed E-state index contributed by atoms with van der Waals surface area (Å²) in [6.07, 6.45) is 3.74. The molecule has 2 N–H and O–H groups in total. The maximum Gasteiger partial charge on any atom is 0.214 e. The number of H-pyrrole nitrogens is 1. The van der Waals surface area contributed by atoms with Crippen molar-refractivity contribution < 1.29 is 4.74 Å². The number of nitrogens with zero attached hydrogens (tertiary/aromatic N) is 3. The summed E-state index contributed by atoms with van der Waals surface area (Å²) in [6.45, 7) is 2.28. The van der Waals surface area contributed by atoms with Crippen LogP contribution in [0.15, 0.2) is 64.8 Å². The number of hydrogen-bond donors (Lipinski definition) is 2. The van der Waals surface area contributed by atoms with Crippen LogP contribution in [0.5, 0.6) is 5.75 Å². The number of fused-ring (bicyclic) bond motifs is 1. The van der Waals surface area contributed by atoms with E-state index in [1.807, 2.05) is 54.5 Å². The van der Waals surface area contributed by atoms with E-state index in [2.05, 4.69) is 32.6 Å². The Morgan fingerprint density at radius 1 is 1.27 bits per heavy atom. The van der Waals surface area contributed by atoms with Crippen molar-refractivity contribution in [1.29, 1.82) is 0 Å². The maximum absolute atomic E-state index is 5.92. The van der Waals surface area contributed by atoms with E-state index < -0.39 is 0 Å². The van der Waals surface area contributed by atoms with Gasteiger partial charge >= 0.3 is 0 Å². The largest absolute Gasteiger partial charge is 0.489 e. The molecule has 0 radical (unpaired) electrons. The zero-order valence-electron chi connectivity index (χ0n) is 14.6. The normalized spacial score (nSPS) is 14.2. The van der Waals surface area contributed by atoms with Crippen molar-refractivity contribution in [1.82, 2.24) is 15.3 Å². The van der Waals surface area contributed by atoms with E-state index in [9.17, 15) is 0 Å². The van der Waals surface area contributed by atoms with Gasteiger partial charge in [-0.2, -0.15) is 5.10 Å². The quantitative estimate of drug-likeness (QED) is 0.551. The molecule has 1 aromatic heterocycles. The number of aromatic amines is 1. The Labute approximate surface area is 152 Å². The molecule has 0 aliphatic carbocycles. The molecule has 2 aromatic carbocycles. The second-order valence-corrected chi connectivity index (χ2v) is 6.22. The summed E-state index contributed by atoms with van der Waals surface area (Å²) in [5, 5.41) is 5.38. The molecule has 2 heterocycles.